The van der Waals surface area contributed by atoms with Crippen LogP contribution in [-0.4, -0.2) is 66.0 Å². The summed E-state index contributed by atoms with van der Waals surface area (Å²) in [6.45, 7) is 3.36. The van der Waals surface area contributed by atoms with Crippen LogP contribution < -0.4 is 10.6 Å². The first-order chi connectivity index (χ1) is 14.2. The topological polar surface area (TPSA) is 64.7 Å². The fourth-order valence-electron chi connectivity index (χ4n) is 5.73. The Kier molecular flexibility index (Phi) is 5.20. The van der Waals surface area contributed by atoms with E-state index >= 15 is 0 Å². The minimum atomic E-state index is 0.0656. The van der Waals surface area contributed by atoms with Gasteiger partial charge in [0.05, 0.1) is 18.5 Å². The number of amides is 3. The van der Waals surface area contributed by atoms with Gasteiger partial charge in [-0.15, -0.1) is 0 Å². The molecule has 3 heterocycles. The van der Waals surface area contributed by atoms with Crippen LogP contribution in [0.5, 0.6) is 0 Å². The third-order valence-corrected chi connectivity index (χ3v) is 7.30. The summed E-state index contributed by atoms with van der Waals surface area (Å²) in [5.74, 6) is 0.189. The molecule has 0 bridgehead atoms. The van der Waals surface area contributed by atoms with Gasteiger partial charge in [0, 0.05) is 19.1 Å². The monoisotopic (exact) mass is 396 g/mol. The summed E-state index contributed by atoms with van der Waals surface area (Å²) in [5, 5.41) is 6.54. The standard InChI is InChI=1S/C23H32N4O2/c28-22(14-16-5-6-17-3-1-2-4-18(17)13-16)26-12-9-21-20(15-26)25-23(29)27(21)19-7-10-24-11-8-19/h5-6,13,19-21,24H,1-4,7-12,14-15H2,(H,25,29). The van der Waals surface area contributed by atoms with Gasteiger partial charge in [0.15, 0.2) is 0 Å². The highest BCUT2D eigenvalue weighted by atomic mass is 16.2. The molecule has 1 aromatic rings. The molecule has 4 aliphatic rings. The minimum absolute atomic E-state index is 0.0656. The summed E-state index contributed by atoms with van der Waals surface area (Å²) in [6, 6.07) is 7.30. The lowest BCUT2D eigenvalue weighted by Gasteiger charge is -2.40. The number of carbonyl (C=O) groups excluding carboxylic acids is 2. The number of nitrogens with zero attached hydrogens (tertiary/aromatic N) is 2. The van der Waals surface area contributed by atoms with E-state index in [2.05, 4.69) is 33.7 Å². The predicted octanol–water partition coefficient (Wildman–Crippen LogP) is 1.85. The van der Waals surface area contributed by atoms with E-state index in [0.717, 1.165) is 50.9 Å². The molecule has 5 rings (SSSR count). The number of carbonyl (C=O) groups is 2. The maximum atomic E-state index is 13.0. The van der Waals surface area contributed by atoms with Crippen molar-refractivity contribution in [3.05, 3.63) is 34.9 Å². The van der Waals surface area contributed by atoms with Gasteiger partial charge in [-0.2, -0.15) is 0 Å². The van der Waals surface area contributed by atoms with E-state index in [0.29, 0.717) is 19.0 Å². The van der Waals surface area contributed by atoms with Crippen LogP contribution in [0.3, 0.4) is 0 Å². The highest BCUT2D eigenvalue weighted by molar-refractivity contribution is 5.81. The molecule has 6 heteroatoms. The zero-order valence-corrected chi connectivity index (χ0v) is 17.2. The number of nitrogens with one attached hydrogen (secondary N) is 2. The molecule has 6 nitrogen and oxygen atoms in total. The smallest absolute Gasteiger partial charge is 0.318 e. The molecule has 3 fully saturated rings. The highest BCUT2D eigenvalue weighted by Gasteiger charge is 2.46. The van der Waals surface area contributed by atoms with Gasteiger partial charge in [-0.1, -0.05) is 18.2 Å². The molecule has 156 valence electrons. The minimum Gasteiger partial charge on any atom is -0.340 e. The molecule has 0 radical (unpaired) electrons. The second kappa shape index (κ2) is 7.98. The van der Waals surface area contributed by atoms with Crippen molar-refractivity contribution in [2.45, 2.75) is 69.5 Å². The fraction of sp³-hybridized carbons (Fsp3) is 0.652. The van der Waals surface area contributed by atoms with Crippen molar-refractivity contribution in [1.82, 2.24) is 20.4 Å². The van der Waals surface area contributed by atoms with Gasteiger partial charge in [0.2, 0.25) is 5.91 Å². The Hall–Kier alpha value is -2.08. The van der Waals surface area contributed by atoms with Crippen molar-refractivity contribution in [3.8, 4) is 0 Å². The van der Waals surface area contributed by atoms with Crippen molar-refractivity contribution >= 4 is 11.9 Å². The van der Waals surface area contributed by atoms with Crippen LogP contribution in [0.15, 0.2) is 18.2 Å². The summed E-state index contributed by atoms with van der Waals surface area (Å²) in [5.41, 5.74) is 4.02. The Bertz CT molecular complexity index is 789. The van der Waals surface area contributed by atoms with E-state index in [-0.39, 0.29) is 24.0 Å². The van der Waals surface area contributed by atoms with Crippen LogP contribution >= 0.6 is 0 Å². The molecule has 2 atom stereocenters. The number of hydrogen-bond acceptors (Lipinski definition) is 3. The molecule has 29 heavy (non-hydrogen) atoms. The van der Waals surface area contributed by atoms with Crippen LogP contribution in [0.1, 0.15) is 48.8 Å². The Balaban J connectivity index is 1.22. The zero-order valence-electron chi connectivity index (χ0n) is 17.2. The average Bonchev–Trinajstić information content (AvgIpc) is 3.09. The second-order valence-electron chi connectivity index (χ2n) is 9.13. The number of piperidine rings is 2. The van der Waals surface area contributed by atoms with Crippen LogP contribution in [0.25, 0.3) is 0 Å². The SMILES string of the molecule is O=C(Cc1ccc2c(c1)CCCC2)N1CCC2C(C1)NC(=O)N2C1CCNCC1. The number of aryl methyl sites for hydroxylation is 2. The van der Waals surface area contributed by atoms with Gasteiger partial charge in [-0.25, -0.2) is 4.79 Å². The average molecular weight is 397 g/mol. The lowest BCUT2D eigenvalue weighted by Crippen LogP contribution is -2.55. The van der Waals surface area contributed by atoms with Crippen molar-refractivity contribution in [2.24, 2.45) is 0 Å². The quantitative estimate of drug-likeness (QED) is 0.820. The largest absolute Gasteiger partial charge is 0.340 e. The van der Waals surface area contributed by atoms with Crippen molar-refractivity contribution in [1.29, 1.82) is 0 Å². The van der Waals surface area contributed by atoms with Gasteiger partial charge in [-0.3, -0.25) is 4.79 Å². The van der Waals surface area contributed by atoms with Crippen LogP contribution in [-0.2, 0) is 24.1 Å². The van der Waals surface area contributed by atoms with E-state index in [1.807, 2.05) is 4.90 Å². The fourth-order valence-corrected chi connectivity index (χ4v) is 5.73. The summed E-state index contributed by atoms with van der Waals surface area (Å²) in [4.78, 5) is 29.7. The summed E-state index contributed by atoms with van der Waals surface area (Å²) in [6.07, 6.45) is 8.25. The second-order valence-corrected chi connectivity index (χ2v) is 9.13. The molecule has 1 aromatic carbocycles. The maximum absolute atomic E-state index is 13.0. The Morgan fingerprint density at radius 1 is 1.07 bits per heavy atom. The van der Waals surface area contributed by atoms with Gasteiger partial charge in [0.1, 0.15) is 0 Å². The molecule has 3 amide bonds. The summed E-state index contributed by atoms with van der Waals surface area (Å²) in [7, 11) is 0. The molecule has 3 aliphatic heterocycles. The van der Waals surface area contributed by atoms with Crippen LogP contribution in [0.2, 0.25) is 0 Å². The summed E-state index contributed by atoms with van der Waals surface area (Å²) >= 11 is 0. The Morgan fingerprint density at radius 2 is 1.86 bits per heavy atom. The predicted molar refractivity (Wildman–Crippen MR) is 112 cm³/mol. The summed E-state index contributed by atoms with van der Waals surface area (Å²) < 4.78 is 0. The van der Waals surface area contributed by atoms with Crippen LogP contribution in [0.4, 0.5) is 4.79 Å². The molecule has 1 aliphatic carbocycles. The Morgan fingerprint density at radius 3 is 2.69 bits per heavy atom. The first-order valence-corrected chi connectivity index (χ1v) is 11.4. The molecule has 3 saturated heterocycles. The van der Waals surface area contributed by atoms with Crippen molar-refractivity contribution in [2.75, 3.05) is 26.2 Å². The normalized spacial score (nSPS) is 27.4. The number of fused-ring (bicyclic) bond motifs is 2. The van der Waals surface area contributed by atoms with E-state index in [9.17, 15) is 9.59 Å². The van der Waals surface area contributed by atoms with Crippen molar-refractivity contribution in [3.63, 3.8) is 0 Å². The van der Waals surface area contributed by atoms with E-state index < -0.39 is 0 Å². The molecule has 2 unspecified atom stereocenters. The lowest BCUT2D eigenvalue weighted by atomic mass is 9.90. The number of urea groups is 1. The number of hydrogen-bond donors (Lipinski definition) is 2. The molecular formula is C23H32N4O2. The first kappa shape index (κ1) is 18.9. The molecule has 0 spiro atoms. The third-order valence-electron chi connectivity index (χ3n) is 7.30. The third kappa shape index (κ3) is 3.75. The number of benzene rings is 1. The molecule has 0 saturated carbocycles. The van der Waals surface area contributed by atoms with Gasteiger partial charge < -0.3 is 20.4 Å². The van der Waals surface area contributed by atoms with Gasteiger partial charge in [-0.05, 0) is 74.7 Å². The zero-order chi connectivity index (χ0) is 19.8. The van der Waals surface area contributed by atoms with E-state index in [1.54, 1.807) is 0 Å². The molecular weight excluding hydrogens is 364 g/mol. The van der Waals surface area contributed by atoms with Gasteiger partial charge in [0.25, 0.3) is 0 Å². The number of rotatable bonds is 3. The molecule has 2 N–H and O–H groups in total. The first-order valence-electron chi connectivity index (χ1n) is 11.4. The maximum Gasteiger partial charge on any atom is 0.318 e. The highest BCUT2D eigenvalue weighted by Crippen LogP contribution is 2.28. The number of likely N-dealkylation sites (tertiary alicyclic amines) is 1. The molecule has 0 aromatic heterocycles. The van der Waals surface area contributed by atoms with Crippen molar-refractivity contribution < 1.29 is 9.59 Å². The van der Waals surface area contributed by atoms with E-state index in [4.69, 9.17) is 0 Å². The lowest BCUT2D eigenvalue weighted by molar-refractivity contribution is -0.132. The Labute approximate surface area is 173 Å². The van der Waals surface area contributed by atoms with E-state index in [1.165, 1.54) is 30.4 Å². The van der Waals surface area contributed by atoms with Crippen LogP contribution in [0, 0.1) is 0 Å². The van der Waals surface area contributed by atoms with Gasteiger partial charge >= 0.3 is 6.03 Å².